The Kier molecular flexibility index (Phi) is 3.48. The summed E-state index contributed by atoms with van der Waals surface area (Å²) in [6.45, 7) is 0.382. The average molecular weight is 256 g/mol. The van der Waals surface area contributed by atoms with Gasteiger partial charge in [0, 0.05) is 0 Å². The van der Waals surface area contributed by atoms with Crippen LogP contribution in [-0.2, 0) is 11.3 Å². The SMILES string of the molecule is COC(=O)c1c(N)cnn1Cc1ccc(C#N)cc1. The van der Waals surface area contributed by atoms with Crippen molar-refractivity contribution in [1.82, 2.24) is 9.78 Å². The highest BCUT2D eigenvalue weighted by Crippen LogP contribution is 2.14. The van der Waals surface area contributed by atoms with Crippen LogP contribution in [-0.4, -0.2) is 22.9 Å². The number of nitrogens with zero attached hydrogens (tertiary/aromatic N) is 3. The molecule has 6 heteroatoms. The third-order valence-corrected chi connectivity index (χ3v) is 2.66. The Morgan fingerprint density at radius 2 is 2.16 bits per heavy atom. The molecule has 6 nitrogen and oxygen atoms in total. The molecule has 0 bridgehead atoms. The Morgan fingerprint density at radius 3 is 2.74 bits per heavy atom. The third-order valence-electron chi connectivity index (χ3n) is 2.66. The first kappa shape index (κ1) is 12.6. The van der Waals surface area contributed by atoms with Crippen LogP contribution in [0.2, 0.25) is 0 Å². The second-order valence-electron chi connectivity index (χ2n) is 3.91. The molecule has 1 aromatic heterocycles. The van der Waals surface area contributed by atoms with Crippen molar-refractivity contribution in [3.05, 3.63) is 47.3 Å². The zero-order valence-corrected chi connectivity index (χ0v) is 10.3. The summed E-state index contributed by atoms with van der Waals surface area (Å²) in [5.74, 6) is -0.524. The lowest BCUT2D eigenvalue weighted by atomic mass is 10.1. The number of aromatic nitrogens is 2. The van der Waals surface area contributed by atoms with Crippen LogP contribution in [0.15, 0.2) is 30.5 Å². The molecule has 96 valence electrons. The van der Waals surface area contributed by atoms with E-state index in [1.165, 1.54) is 18.0 Å². The van der Waals surface area contributed by atoms with E-state index in [1.807, 2.05) is 6.07 Å². The molecule has 0 amide bonds. The first-order valence-electron chi connectivity index (χ1n) is 5.54. The highest BCUT2D eigenvalue weighted by atomic mass is 16.5. The summed E-state index contributed by atoms with van der Waals surface area (Å²) in [5, 5.41) is 12.8. The molecule has 0 aliphatic heterocycles. The molecule has 0 unspecified atom stereocenters. The summed E-state index contributed by atoms with van der Waals surface area (Å²) in [6.07, 6.45) is 1.41. The first-order valence-corrected chi connectivity index (χ1v) is 5.54. The molecule has 0 aliphatic carbocycles. The number of ether oxygens (including phenoxy) is 1. The predicted molar refractivity (Wildman–Crippen MR) is 68.2 cm³/mol. The molecule has 0 atom stereocenters. The minimum absolute atomic E-state index is 0.229. The zero-order valence-electron chi connectivity index (χ0n) is 10.3. The number of anilines is 1. The Balaban J connectivity index is 2.28. The van der Waals surface area contributed by atoms with E-state index in [0.717, 1.165) is 5.56 Å². The number of rotatable bonds is 3. The predicted octanol–water partition coefficient (Wildman–Crippen LogP) is 1.17. The van der Waals surface area contributed by atoms with Gasteiger partial charge in [-0.3, -0.25) is 4.68 Å². The van der Waals surface area contributed by atoms with Crippen molar-refractivity contribution in [3.63, 3.8) is 0 Å². The summed E-state index contributed by atoms with van der Waals surface area (Å²) in [6, 6.07) is 9.07. The molecule has 2 rings (SSSR count). The molecular weight excluding hydrogens is 244 g/mol. The number of nitriles is 1. The Morgan fingerprint density at radius 1 is 1.47 bits per heavy atom. The molecular formula is C13H12N4O2. The number of nitrogen functional groups attached to an aromatic ring is 1. The number of hydrogen-bond acceptors (Lipinski definition) is 5. The molecule has 1 heterocycles. The van der Waals surface area contributed by atoms with E-state index < -0.39 is 5.97 Å². The van der Waals surface area contributed by atoms with Gasteiger partial charge in [-0.1, -0.05) is 12.1 Å². The van der Waals surface area contributed by atoms with Gasteiger partial charge in [0.1, 0.15) is 0 Å². The van der Waals surface area contributed by atoms with Crippen LogP contribution in [0.4, 0.5) is 5.69 Å². The maximum absolute atomic E-state index is 11.6. The van der Waals surface area contributed by atoms with E-state index >= 15 is 0 Å². The maximum Gasteiger partial charge on any atom is 0.358 e. The van der Waals surface area contributed by atoms with Gasteiger partial charge in [-0.05, 0) is 17.7 Å². The summed E-state index contributed by atoms with van der Waals surface area (Å²) in [4.78, 5) is 11.6. The second-order valence-corrected chi connectivity index (χ2v) is 3.91. The fourth-order valence-electron chi connectivity index (χ4n) is 1.70. The number of hydrogen-bond donors (Lipinski definition) is 1. The number of benzene rings is 1. The molecule has 2 N–H and O–H groups in total. The lowest BCUT2D eigenvalue weighted by Crippen LogP contribution is -2.14. The fraction of sp³-hybridized carbons (Fsp3) is 0.154. The van der Waals surface area contributed by atoms with E-state index in [2.05, 4.69) is 9.84 Å². The van der Waals surface area contributed by atoms with Gasteiger partial charge >= 0.3 is 5.97 Å². The van der Waals surface area contributed by atoms with Crippen molar-refractivity contribution < 1.29 is 9.53 Å². The molecule has 0 fully saturated rings. The second kappa shape index (κ2) is 5.23. The summed E-state index contributed by atoms with van der Waals surface area (Å²) in [5.41, 5.74) is 7.69. The van der Waals surface area contributed by atoms with Crippen molar-refractivity contribution in [1.29, 1.82) is 5.26 Å². The lowest BCUT2D eigenvalue weighted by Gasteiger charge is -2.06. The van der Waals surface area contributed by atoms with Gasteiger partial charge < -0.3 is 10.5 Å². The monoisotopic (exact) mass is 256 g/mol. The van der Waals surface area contributed by atoms with Gasteiger partial charge in [-0.15, -0.1) is 0 Å². The standard InChI is InChI=1S/C13H12N4O2/c1-19-13(18)12-11(15)7-16-17(12)8-10-4-2-9(6-14)3-5-10/h2-5,7H,8,15H2,1H3. The van der Waals surface area contributed by atoms with E-state index in [9.17, 15) is 4.79 Å². The number of nitrogens with two attached hydrogens (primary N) is 1. The van der Waals surface area contributed by atoms with E-state index in [4.69, 9.17) is 11.0 Å². The third kappa shape index (κ3) is 2.55. The van der Waals surface area contributed by atoms with E-state index in [1.54, 1.807) is 24.3 Å². The lowest BCUT2D eigenvalue weighted by molar-refractivity contribution is 0.0588. The fourth-order valence-corrected chi connectivity index (χ4v) is 1.70. The smallest absolute Gasteiger partial charge is 0.358 e. The minimum Gasteiger partial charge on any atom is -0.464 e. The molecule has 0 saturated heterocycles. The Bertz CT molecular complexity index is 638. The van der Waals surface area contributed by atoms with Gasteiger partial charge in [0.25, 0.3) is 0 Å². The number of esters is 1. The summed E-state index contributed by atoms with van der Waals surface area (Å²) in [7, 11) is 1.29. The first-order chi connectivity index (χ1) is 9.15. The molecule has 0 saturated carbocycles. The van der Waals surface area contributed by atoms with Crippen LogP contribution in [0.25, 0.3) is 0 Å². The quantitative estimate of drug-likeness (QED) is 0.832. The van der Waals surface area contributed by atoms with E-state index in [-0.39, 0.29) is 11.4 Å². The van der Waals surface area contributed by atoms with Crippen molar-refractivity contribution >= 4 is 11.7 Å². The van der Waals surface area contributed by atoms with Crippen molar-refractivity contribution in [2.45, 2.75) is 6.54 Å². The van der Waals surface area contributed by atoms with Gasteiger partial charge in [-0.2, -0.15) is 10.4 Å². The molecule has 19 heavy (non-hydrogen) atoms. The van der Waals surface area contributed by atoms with Crippen molar-refractivity contribution in [2.75, 3.05) is 12.8 Å². The van der Waals surface area contributed by atoms with Crippen LogP contribution in [0.3, 0.4) is 0 Å². The largest absolute Gasteiger partial charge is 0.464 e. The van der Waals surface area contributed by atoms with Crippen molar-refractivity contribution in [3.8, 4) is 6.07 Å². The normalized spacial score (nSPS) is 9.89. The summed E-state index contributed by atoms with van der Waals surface area (Å²) < 4.78 is 6.14. The maximum atomic E-state index is 11.6. The van der Waals surface area contributed by atoms with Crippen LogP contribution in [0, 0.1) is 11.3 Å². The highest BCUT2D eigenvalue weighted by molar-refractivity contribution is 5.92. The van der Waals surface area contributed by atoms with Crippen molar-refractivity contribution in [2.24, 2.45) is 0 Å². The molecule has 0 spiro atoms. The average Bonchev–Trinajstić information content (AvgIpc) is 2.80. The zero-order chi connectivity index (χ0) is 13.8. The van der Waals surface area contributed by atoms with Gasteiger partial charge in [0.15, 0.2) is 5.69 Å². The van der Waals surface area contributed by atoms with E-state index in [0.29, 0.717) is 12.1 Å². The highest BCUT2D eigenvalue weighted by Gasteiger charge is 2.17. The molecule has 0 aliphatic rings. The van der Waals surface area contributed by atoms with Crippen LogP contribution < -0.4 is 5.73 Å². The number of carbonyl (C=O) groups excluding carboxylic acids is 1. The Labute approximate surface area is 110 Å². The topological polar surface area (TPSA) is 93.9 Å². The minimum atomic E-state index is -0.524. The van der Waals surface area contributed by atoms with Crippen LogP contribution in [0.1, 0.15) is 21.6 Å². The van der Waals surface area contributed by atoms with Gasteiger partial charge in [-0.25, -0.2) is 4.79 Å². The number of carbonyl (C=O) groups is 1. The molecule has 0 radical (unpaired) electrons. The Hall–Kier alpha value is -2.81. The molecule has 1 aromatic carbocycles. The van der Waals surface area contributed by atoms with Crippen LogP contribution >= 0.6 is 0 Å². The van der Waals surface area contributed by atoms with Gasteiger partial charge in [0.05, 0.1) is 37.2 Å². The van der Waals surface area contributed by atoms with Crippen LogP contribution in [0.5, 0.6) is 0 Å². The number of methoxy groups -OCH3 is 1. The summed E-state index contributed by atoms with van der Waals surface area (Å²) >= 11 is 0. The molecule has 2 aromatic rings. The van der Waals surface area contributed by atoms with Gasteiger partial charge in [0.2, 0.25) is 0 Å².